The molecule has 188 valence electrons. The molecule has 5 rings (SSSR count). The second-order valence-corrected chi connectivity index (χ2v) is 9.72. The van der Waals surface area contributed by atoms with Crippen molar-refractivity contribution in [1.82, 2.24) is 24.8 Å². The monoisotopic (exact) mass is 494 g/mol. The molecule has 0 radical (unpaired) electrons. The molecule has 4 heterocycles. The van der Waals surface area contributed by atoms with Crippen LogP contribution in [0.4, 0.5) is 14.6 Å². The molecule has 2 N–H and O–H groups in total. The summed E-state index contributed by atoms with van der Waals surface area (Å²) in [5.41, 5.74) is 8.83. The lowest BCUT2D eigenvalue weighted by Crippen LogP contribution is -2.34. The summed E-state index contributed by atoms with van der Waals surface area (Å²) in [4.78, 5) is 31.7. The molecule has 8 nitrogen and oxygen atoms in total. The van der Waals surface area contributed by atoms with Crippen molar-refractivity contribution in [2.75, 3.05) is 19.4 Å². The lowest BCUT2D eigenvalue weighted by atomic mass is 9.94. The summed E-state index contributed by atoms with van der Waals surface area (Å²) in [6.07, 6.45) is 6.71. The van der Waals surface area contributed by atoms with E-state index in [1.165, 1.54) is 13.2 Å². The lowest BCUT2D eigenvalue weighted by molar-refractivity contribution is -0.132. The molecule has 1 unspecified atom stereocenters. The van der Waals surface area contributed by atoms with E-state index in [0.717, 1.165) is 49.0 Å². The number of amides is 1. The molecule has 1 saturated carbocycles. The van der Waals surface area contributed by atoms with E-state index in [1.54, 1.807) is 6.92 Å². The van der Waals surface area contributed by atoms with Crippen LogP contribution in [0.5, 0.6) is 5.88 Å². The largest absolute Gasteiger partial charge is 0.481 e. The van der Waals surface area contributed by atoms with E-state index in [-0.39, 0.29) is 23.2 Å². The number of rotatable bonds is 7. The third kappa shape index (κ3) is 4.25. The first kappa shape index (κ1) is 24.0. The normalized spacial score (nSPS) is 21.2. The van der Waals surface area contributed by atoms with E-state index in [0.29, 0.717) is 35.9 Å². The van der Waals surface area contributed by atoms with Gasteiger partial charge in [0.15, 0.2) is 11.6 Å². The maximum Gasteiger partial charge on any atom is 0.230 e. The number of hydrogen-bond acceptors (Lipinski definition) is 7. The molecule has 36 heavy (non-hydrogen) atoms. The predicted molar refractivity (Wildman–Crippen MR) is 129 cm³/mol. The Bertz CT molecular complexity index is 1320. The van der Waals surface area contributed by atoms with Gasteiger partial charge in [0.1, 0.15) is 11.6 Å². The van der Waals surface area contributed by atoms with E-state index in [9.17, 15) is 13.6 Å². The number of piperidine rings is 1. The molecule has 1 aliphatic heterocycles. The molecule has 0 spiro atoms. The fourth-order valence-electron chi connectivity index (χ4n) is 5.38. The van der Waals surface area contributed by atoms with Crippen molar-refractivity contribution in [1.29, 1.82) is 0 Å². The number of nitrogens with two attached hydrogens (primary N) is 1. The van der Waals surface area contributed by atoms with Crippen LogP contribution < -0.4 is 10.5 Å². The number of aryl methyl sites for hydroxylation is 2. The number of fused-ring (bicyclic) bond motifs is 1. The minimum absolute atomic E-state index is 0.0354. The molecule has 10 heteroatoms. The second kappa shape index (κ2) is 9.07. The summed E-state index contributed by atoms with van der Waals surface area (Å²) in [6.45, 7) is 4.19. The third-order valence-corrected chi connectivity index (χ3v) is 7.64. The number of halogens is 2. The molecule has 0 aromatic carbocycles. The van der Waals surface area contributed by atoms with E-state index in [4.69, 9.17) is 10.5 Å². The summed E-state index contributed by atoms with van der Waals surface area (Å²) in [7, 11) is 1.46. The Morgan fingerprint density at radius 2 is 2.00 bits per heavy atom. The predicted octanol–water partition coefficient (Wildman–Crippen LogP) is 3.84. The van der Waals surface area contributed by atoms with E-state index in [1.807, 2.05) is 17.9 Å². The molecule has 2 fully saturated rings. The number of pyridine rings is 2. The minimum Gasteiger partial charge on any atom is -0.481 e. The average molecular weight is 495 g/mol. The van der Waals surface area contributed by atoms with Gasteiger partial charge in [-0.1, -0.05) is 0 Å². The molecule has 3 atom stereocenters. The van der Waals surface area contributed by atoms with Crippen molar-refractivity contribution in [2.45, 2.75) is 51.5 Å². The summed E-state index contributed by atoms with van der Waals surface area (Å²) < 4.78 is 32.8. The number of likely N-dealkylation sites (tertiary alicyclic amines) is 1. The molecule has 1 saturated heterocycles. The molecule has 2 aliphatic rings. The zero-order chi connectivity index (χ0) is 25.6. The zero-order valence-electron chi connectivity index (χ0n) is 20.5. The van der Waals surface area contributed by atoms with Crippen molar-refractivity contribution in [2.24, 2.45) is 5.41 Å². The van der Waals surface area contributed by atoms with Gasteiger partial charge in [0.05, 0.1) is 37.3 Å². The maximum atomic E-state index is 14.4. The smallest absolute Gasteiger partial charge is 0.230 e. The van der Waals surface area contributed by atoms with Gasteiger partial charge in [-0.05, 0) is 56.6 Å². The zero-order valence-corrected chi connectivity index (χ0v) is 20.5. The van der Waals surface area contributed by atoms with Crippen LogP contribution in [-0.2, 0) is 11.2 Å². The van der Waals surface area contributed by atoms with Crippen LogP contribution >= 0.6 is 0 Å². The van der Waals surface area contributed by atoms with Gasteiger partial charge in [0.2, 0.25) is 11.8 Å². The van der Waals surface area contributed by atoms with Crippen LogP contribution in [0, 0.1) is 24.0 Å². The lowest BCUT2D eigenvalue weighted by Gasteiger charge is -2.23. The quantitative estimate of drug-likeness (QED) is 0.532. The number of nitrogens with zero attached hydrogens (tertiary/aromatic N) is 5. The fourth-order valence-corrected chi connectivity index (χ4v) is 5.38. The third-order valence-electron chi connectivity index (χ3n) is 7.64. The number of nitrogen functional groups attached to an aromatic ring is 1. The molecular weight excluding hydrogens is 466 g/mol. The highest BCUT2D eigenvalue weighted by molar-refractivity contribution is 5.84. The molecule has 3 aromatic heterocycles. The molecular formula is C26H28F2N6O2. The first-order valence-electron chi connectivity index (χ1n) is 12.0. The highest BCUT2D eigenvalue weighted by Gasteiger charge is 2.61. The first-order valence-corrected chi connectivity index (χ1v) is 12.0. The Morgan fingerprint density at radius 3 is 2.69 bits per heavy atom. The van der Waals surface area contributed by atoms with Crippen molar-refractivity contribution in [3.05, 3.63) is 59.2 Å². The van der Waals surface area contributed by atoms with E-state index in [2.05, 4.69) is 19.9 Å². The summed E-state index contributed by atoms with van der Waals surface area (Å²) in [5, 5.41) is 0. The minimum atomic E-state index is -0.631. The van der Waals surface area contributed by atoms with Crippen molar-refractivity contribution < 1.29 is 18.3 Å². The Kier molecular flexibility index (Phi) is 6.05. The van der Waals surface area contributed by atoms with Gasteiger partial charge < -0.3 is 15.4 Å². The van der Waals surface area contributed by atoms with Gasteiger partial charge in [-0.2, -0.15) is 0 Å². The molecule has 1 aliphatic carbocycles. The van der Waals surface area contributed by atoms with Crippen LogP contribution in [0.3, 0.4) is 0 Å². The number of methoxy groups -OCH3 is 1. The van der Waals surface area contributed by atoms with Gasteiger partial charge in [0.25, 0.3) is 0 Å². The van der Waals surface area contributed by atoms with Crippen LogP contribution in [0.2, 0.25) is 0 Å². The summed E-state index contributed by atoms with van der Waals surface area (Å²) in [6, 6.07) is 3.56. The highest BCUT2D eigenvalue weighted by atomic mass is 19.1. The maximum absolute atomic E-state index is 14.4. The highest BCUT2D eigenvalue weighted by Crippen LogP contribution is 2.60. The van der Waals surface area contributed by atoms with Gasteiger partial charge in [-0.15, -0.1) is 0 Å². The standard InChI is InChI=1S/C26H28F2N6O2/c1-14(18-9-22(36-3)30-13-20(18)28)25(35)34-7-6-26(10-21(26)34)5-4-16-8-19(15(2)33-23(16)29)24-31-11-17(27)12-32-24/h8-9,11-14,21H,4-7,10H2,1-3H3,(H2,29,33)/t14-,21?,26-/m1/s1. The molecule has 3 aromatic rings. The Balaban J connectivity index is 1.28. The van der Waals surface area contributed by atoms with E-state index >= 15 is 0 Å². The van der Waals surface area contributed by atoms with Crippen LogP contribution in [0.25, 0.3) is 11.4 Å². The SMILES string of the molecule is COc1cc([C@@H](C)C(=O)N2CC[C@]3(CCc4cc(-c5ncc(F)cn5)c(C)nc4N)CC23)c(F)cn1. The number of aromatic nitrogens is 4. The molecule has 1 amide bonds. The summed E-state index contributed by atoms with van der Waals surface area (Å²) in [5.74, 6) is -0.596. The van der Waals surface area contributed by atoms with E-state index < -0.39 is 17.6 Å². The first-order chi connectivity index (χ1) is 17.2. The topological polar surface area (TPSA) is 107 Å². The van der Waals surface area contributed by atoms with Crippen LogP contribution in [0.15, 0.2) is 30.7 Å². The van der Waals surface area contributed by atoms with Gasteiger partial charge in [-0.25, -0.2) is 28.7 Å². The number of ether oxygens (including phenoxy) is 1. The van der Waals surface area contributed by atoms with Crippen molar-refractivity contribution in [3.63, 3.8) is 0 Å². The Morgan fingerprint density at radius 1 is 1.25 bits per heavy atom. The fraction of sp³-hybridized carbons (Fsp3) is 0.423. The van der Waals surface area contributed by atoms with Crippen LogP contribution in [0.1, 0.15) is 48.9 Å². The van der Waals surface area contributed by atoms with Crippen LogP contribution in [-0.4, -0.2) is 50.4 Å². The number of carbonyl (C=O) groups is 1. The molecule has 0 bridgehead atoms. The summed E-state index contributed by atoms with van der Waals surface area (Å²) >= 11 is 0. The van der Waals surface area contributed by atoms with Gasteiger partial charge in [-0.3, -0.25) is 4.79 Å². The van der Waals surface area contributed by atoms with Gasteiger partial charge >= 0.3 is 0 Å². The Labute approximate surface area is 207 Å². The number of anilines is 1. The van der Waals surface area contributed by atoms with Crippen molar-refractivity contribution in [3.8, 4) is 17.3 Å². The van der Waals surface area contributed by atoms with Gasteiger partial charge in [0, 0.05) is 29.8 Å². The number of carbonyl (C=O) groups excluding carboxylic acids is 1. The van der Waals surface area contributed by atoms with Crippen molar-refractivity contribution >= 4 is 11.7 Å². The average Bonchev–Trinajstić information content (AvgIpc) is 3.47. The number of hydrogen-bond donors (Lipinski definition) is 1. The Hall–Kier alpha value is -3.69. The second-order valence-electron chi connectivity index (χ2n) is 9.72.